The highest BCUT2D eigenvalue weighted by Crippen LogP contribution is 2.45. The SMILES string of the molecule is COc1cccc([C@H]2C(=C(O)c3ccc(OCC(C)C)c(C)c3)C(=O)C(=O)N2CCCN(C)C)c1OC. The summed E-state index contributed by atoms with van der Waals surface area (Å²) < 4.78 is 17.0. The number of carbonyl (C=O) groups excluding carboxylic acids is 2. The lowest BCUT2D eigenvalue weighted by Gasteiger charge is -2.27. The van der Waals surface area contributed by atoms with Gasteiger partial charge in [0.2, 0.25) is 0 Å². The van der Waals surface area contributed by atoms with Crippen molar-refractivity contribution in [1.82, 2.24) is 9.80 Å². The first-order valence-corrected chi connectivity index (χ1v) is 12.5. The molecule has 0 aromatic heterocycles. The summed E-state index contributed by atoms with van der Waals surface area (Å²) in [5.41, 5.74) is 1.85. The van der Waals surface area contributed by atoms with E-state index in [1.807, 2.05) is 25.9 Å². The summed E-state index contributed by atoms with van der Waals surface area (Å²) in [6.45, 7) is 7.67. The molecule has 2 aromatic carbocycles. The molecule has 1 N–H and O–H groups in total. The van der Waals surface area contributed by atoms with E-state index in [4.69, 9.17) is 14.2 Å². The average Bonchev–Trinajstić information content (AvgIpc) is 3.11. The van der Waals surface area contributed by atoms with Gasteiger partial charge < -0.3 is 29.1 Å². The van der Waals surface area contributed by atoms with Crippen molar-refractivity contribution in [2.45, 2.75) is 33.2 Å². The number of para-hydroxylation sites is 1. The molecular weight excluding hydrogens is 472 g/mol. The molecule has 2 aromatic rings. The number of rotatable bonds is 11. The summed E-state index contributed by atoms with van der Waals surface area (Å²) in [4.78, 5) is 30.2. The Bertz CT molecular complexity index is 1170. The molecule has 8 nitrogen and oxygen atoms in total. The number of ether oxygens (including phenoxy) is 3. The standard InChI is InChI=1S/C29H38N2O6/c1-18(2)17-37-22-13-12-20(16-19(22)3)26(32)24-25(21-10-8-11-23(35-6)28(21)36-7)31(29(34)27(24)33)15-9-14-30(4)5/h8,10-13,16,18,25,32H,9,14-15,17H2,1-7H3/t25-/m0/s1. The van der Waals surface area contributed by atoms with Gasteiger partial charge in [0.05, 0.1) is 32.4 Å². The summed E-state index contributed by atoms with van der Waals surface area (Å²) in [6.07, 6.45) is 0.657. The van der Waals surface area contributed by atoms with Gasteiger partial charge in [0.1, 0.15) is 11.5 Å². The lowest BCUT2D eigenvalue weighted by atomic mass is 9.93. The van der Waals surface area contributed by atoms with Crippen LogP contribution in [0.1, 0.15) is 43.0 Å². The number of carbonyl (C=O) groups is 2. The van der Waals surface area contributed by atoms with E-state index in [0.717, 1.165) is 12.1 Å². The van der Waals surface area contributed by atoms with E-state index in [1.165, 1.54) is 19.1 Å². The molecule has 1 amide bonds. The van der Waals surface area contributed by atoms with E-state index in [0.29, 0.717) is 53.9 Å². The minimum absolute atomic E-state index is 0.0247. The van der Waals surface area contributed by atoms with Crippen molar-refractivity contribution in [2.24, 2.45) is 5.92 Å². The number of nitrogens with zero attached hydrogens (tertiary/aromatic N) is 2. The van der Waals surface area contributed by atoms with Crippen molar-refractivity contribution >= 4 is 17.4 Å². The zero-order valence-corrected chi connectivity index (χ0v) is 22.8. The molecule has 0 spiro atoms. The molecule has 0 unspecified atom stereocenters. The van der Waals surface area contributed by atoms with Crippen molar-refractivity contribution in [2.75, 3.05) is 48.0 Å². The third-order valence-corrected chi connectivity index (χ3v) is 6.29. The first-order valence-electron chi connectivity index (χ1n) is 12.5. The smallest absolute Gasteiger partial charge is 0.295 e. The highest BCUT2D eigenvalue weighted by molar-refractivity contribution is 6.46. The number of likely N-dealkylation sites (tertiary alicyclic amines) is 1. The first kappa shape index (κ1) is 28.1. The number of ketones is 1. The van der Waals surface area contributed by atoms with Crippen molar-refractivity contribution < 1.29 is 28.9 Å². The van der Waals surface area contributed by atoms with Gasteiger partial charge in [-0.3, -0.25) is 9.59 Å². The van der Waals surface area contributed by atoms with Crippen LogP contribution in [0.3, 0.4) is 0 Å². The molecule has 200 valence electrons. The summed E-state index contributed by atoms with van der Waals surface area (Å²) >= 11 is 0. The van der Waals surface area contributed by atoms with E-state index in [2.05, 4.69) is 13.8 Å². The van der Waals surface area contributed by atoms with Crippen molar-refractivity contribution in [1.29, 1.82) is 0 Å². The molecule has 37 heavy (non-hydrogen) atoms. The Balaban J connectivity index is 2.14. The fourth-order valence-electron chi connectivity index (χ4n) is 4.49. The van der Waals surface area contributed by atoms with Crippen LogP contribution >= 0.6 is 0 Å². The Morgan fingerprint density at radius 1 is 1.08 bits per heavy atom. The maximum atomic E-state index is 13.4. The van der Waals surface area contributed by atoms with Crippen LogP contribution in [0.15, 0.2) is 42.0 Å². The van der Waals surface area contributed by atoms with Crippen molar-refractivity contribution in [3.8, 4) is 17.2 Å². The van der Waals surface area contributed by atoms with E-state index >= 15 is 0 Å². The zero-order valence-electron chi connectivity index (χ0n) is 22.8. The summed E-state index contributed by atoms with van der Waals surface area (Å²) in [5, 5.41) is 11.5. The number of aliphatic hydroxyl groups is 1. The molecule has 1 aliphatic heterocycles. The number of hydrogen-bond donors (Lipinski definition) is 1. The third-order valence-electron chi connectivity index (χ3n) is 6.29. The molecule has 0 bridgehead atoms. The molecule has 0 aliphatic carbocycles. The van der Waals surface area contributed by atoms with Crippen LogP contribution in [0.5, 0.6) is 17.2 Å². The topological polar surface area (TPSA) is 88.5 Å². The van der Waals surface area contributed by atoms with Crippen molar-refractivity contribution in [3.05, 3.63) is 58.7 Å². The molecule has 0 saturated carbocycles. The molecule has 1 aliphatic rings. The van der Waals surface area contributed by atoms with Crippen LogP contribution in [0.4, 0.5) is 0 Å². The summed E-state index contributed by atoms with van der Waals surface area (Å²) in [6, 6.07) is 9.74. The normalized spacial score (nSPS) is 17.1. The zero-order chi connectivity index (χ0) is 27.3. The molecular formula is C29H38N2O6. The van der Waals surface area contributed by atoms with E-state index in [-0.39, 0.29) is 11.3 Å². The molecule has 1 atom stereocenters. The maximum Gasteiger partial charge on any atom is 0.295 e. The predicted molar refractivity (Wildman–Crippen MR) is 143 cm³/mol. The van der Waals surface area contributed by atoms with Gasteiger partial charge >= 0.3 is 0 Å². The Morgan fingerprint density at radius 2 is 1.81 bits per heavy atom. The number of methoxy groups -OCH3 is 2. The number of benzene rings is 2. The monoisotopic (exact) mass is 510 g/mol. The first-order chi connectivity index (χ1) is 17.6. The molecule has 8 heteroatoms. The highest BCUT2D eigenvalue weighted by atomic mass is 16.5. The Hall–Kier alpha value is -3.52. The lowest BCUT2D eigenvalue weighted by Crippen LogP contribution is -2.32. The average molecular weight is 511 g/mol. The largest absolute Gasteiger partial charge is 0.507 e. The molecule has 3 rings (SSSR count). The van der Waals surface area contributed by atoms with Crippen molar-refractivity contribution in [3.63, 3.8) is 0 Å². The number of aryl methyl sites for hydroxylation is 1. The number of hydrogen-bond acceptors (Lipinski definition) is 7. The third kappa shape index (κ3) is 6.07. The van der Waals surface area contributed by atoms with Crippen LogP contribution in [0, 0.1) is 12.8 Å². The summed E-state index contributed by atoms with van der Waals surface area (Å²) in [7, 11) is 6.95. The van der Waals surface area contributed by atoms with Gasteiger partial charge in [-0.2, -0.15) is 0 Å². The summed E-state index contributed by atoms with van der Waals surface area (Å²) in [5.74, 6) is 0.352. The molecule has 0 radical (unpaired) electrons. The van der Waals surface area contributed by atoms with Gasteiger partial charge in [-0.25, -0.2) is 0 Å². The molecule has 1 fully saturated rings. The van der Waals surface area contributed by atoms with Gasteiger partial charge in [-0.1, -0.05) is 26.0 Å². The maximum absolute atomic E-state index is 13.4. The van der Waals surface area contributed by atoms with Gasteiger partial charge in [0.25, 0.3) is 11.7 Å². The van der Waals surface area contributed by atoms with E-state index in [9.17, 15) is 14.7 Å². The lowest BCUT2D eigenvalue weighted by molar-refractivity contribution is -0.140. The quantitative estimate of drug-likeness (QED) is 0.272. The molecule has 1 saturated heterocycles. The van der Waals surface area contributed by atoms with Crippen LogP contribution in [0.25, 0.3) is 5.76 Å². The van der Waals surface area contributed by atoms with Crippen LogP contribution < -0.4 is 14.2 Å². The second-order valence-electron chi connectivity index (χ2n) is 9.92. The minimum Gasteiger partial charge on any atom is -0.507 e. The number of aliphatic hydroxyl groups excluding tert-OH is 1. The van der Waals surface area contributed by atoms with Gasteiger partial charge in [-0.15, -0.1) is 0 Å². The number of amides is 1. The van der Waals surface area contributed by atoms with Crippen LogP contribution in [-0.2, 0) is 9.59 Å². The fourth-order valence-corrected chi connectivity index (χ4v) is 4.49. The predicted octanol–water partition coefficient (Wildman–Crippen LogP) is 4.42. The minimum atomic E-state index is -0.829. The van der Waals surface area contributed by atoms with Crippen LogP contribution in [-0.4, -0.2) is 74.6 Å². The second kappa shape index (κ2) is 12.1. The Labute approximate surface area is 219 Å². The number of Topliss-reactive ketones (excluding diaryl/α,β-unsaturated/α-hetero) is 1. The Kier molecular flexibility index (Phi) is 9.21. The highest BCUT2D eigenvalue weighted by Gasteiger charge is 2.47. The Morgan fingerprint density at radius 3 is 2.41 bits per heavy atom. The van der Waals surface area contributed by atoms with E-state index < -0.39 is 17.7 Å². The van der Waals surface area contributed by atoms with Gasteiger partial charge in [0.15, 0.2) is 11.5 Å². The van der Waals surface area contributed by atoms with Gasteiger partial charge in [-0.05, 0) is 69.7 Å². The fraction of sp³-hybridized carbons (Fsp3) is 0.448. The molecule has 1 heterocycles. The van der Waals surface area contributed by atoms with Crippen LogP contribution in [0.2, 0.25) is 0 Å². The van der Waals surface area contributed by atoms with Gasteiger partial charge in [0, 0.05) is 17.7 Å². The second-order valence-corrected chi connectivity index (χ2v) is 9.92. The van der Waals surface area contributed by atoms with E-state index in [1.54, 1.807) is 36.4 Å².